The van der Waals surface area contributed by atoms with Crippen LogP contribution in [0.25, 0.3) is 0 Å². The summed E-state index contributed by atoms with van der Waals surface area (Å²) in [5.74, 6) is 1.69. The second kappa shape index (κ2) is 12.4. The van der Waals surface area contributed by atoms with Gasteiger partial charge in [-0.2, -0.15) is 0 Å². The van der Waals surface area contributed by atoms with Gasteiger partial charge in [0.15, 0.2) is 0 Å². The molecule has 0 aliphatic heterocycles. The second-order valence-electron chi connectivity index (χ2n) is 7.78. The van der Waals surface area contributed by atoms with Crippen LogP contribution in [0.5, 0.6) is 5.75 Å². The first-order valence-corrected chi connectivity index (χ1v) is 11.9. The molecule has 2 rings (SSSR count). The van der Waals surface area contributed by atoms with E-state index >= 15 is 0 Å². The molecule has 0 fully saturated rings. The van der Waals surface area contributed by atoms with Crippen LogP contribution in [0, 0.1) is 6.92 Å². The number of benzene rings is 2. The number of hydrogen-bond acceptors (Lipinski definition) is 4. The van der Waals surface area contributed by atoms with Gasteiger partial charge < -0.3 is 15.0 Å². The third-order valence-electron chi connectivity index (χ3n) is 5.42. The Bertz CT molecular complexity index is 854. The lowest BCUT2D eigenvalue weighted by molar-refractivity contribution is -0.138. The molecule has 0 aliphatic rings. The number of methoxy groups -OCH3 is 1. The molecule has 2 atom stereocenters. The molecule has 0 heterocycles. The molecule has 0 saturated carbocycles. The van der Waals surface area contributed by atoms with Crippen LogP contribution >= 0.6 is 11.8 Å². The van der Waals surface area contributed by atoms with Gasteiger partial charge in [0.25, 0.3) is 0 Å². The predicted octanol–water partition coefficient (Wildman–Crippen LogP) is 4.57. The molecular weight excluding hydrogens is 408 g/mol. The van der Waals surface area contributed by atoms with Gasteiger partial charge in [0, 0.05) is 18.3 Å². The number of aryl methyl sites for hydroxylation is 1. The summed E-state index contributed by atoms with van der Waals surface area (Å²) in [6.07, 6.45) is 0.844. The third kappa shape index (κ3) is 7.62. The van der Waals surface area contributed by atoms with E-state index in [-0.39, 0.29) is 17.9 Å². The van der Waals surface area contributed by atoms with E-state index in [1.807, 2.05) is 50.2 Å². The molecule has 0 spiro atoms. The van der Waals surface area contributed by atoms with Crippen molar-refractivity contribution < 1.29 is 14.3 Å². The van der Waals surface area contributed by atoms with Crippen LogP contribution in [0.15, 0.2) is 48.5 Å². The first kappa shape index (κ1) is 24.8. The van der Waals surface area contributed by atoms with Gasteiger partial charge in [0.2, 0.25) is 11.8 Å². The topological polar surface area (TPSA) is 58.6 Å². The Hall–Kier alpha value is -2.47. The smallest absolute Gasteiger partial charge is 0.242 e. The van der Waals surface area contributed by atoms with E-state index in [4.69, 9.17) is 4.74 Å². The Labute approximate surface area is 190 Å². The molecule has 5 nitrogen and oxygen atoms in total. The van der Waals surface area contributed by atoms with Crippen LogP contribution in [0.2, 0.25) is 0 Å². The summed E-state index contributed by atoms with van der Waals surface area (Å²) in [5.41, 5.74) is 3.41. The van der Waals surface area contributed by atoms with Crippen molar-refractivity contribution in [2.75, 3.05) is 12.9 Å². The lowest BCUT2D eigenvalue weighted by atomic mass is 10.1. The van der Waals surface area contributed by atoms with Crippen molar-refractivity contribution in [2.24, 2.45) is 0 Å². The van der Waals surface area contributed by atoms with Crippen LogP contribution in [0.1, 0.15) is 43.9 Å². The SMILES string of the molecule is CC[C@H](C)NC(=O)[C@@H](C)N(Cc1ccc(OC)cc1)C(=O)CSCc1ccccc1C. The minimum absolute atomic E-state index is 0.0406. The highest BCUT2D eigenvalue weighted by Gasteiger charge is 2.26. The Kier molecular flexibility index (Phi) is 9.92. The standard InChI is InChI=1S/C25H34N2O3S/c1-6-19(3)26-25(29)20(4)27(15-21-11-13-23(30-5)14-12-21)24(28)17-31-16-22-10-8-7-9-18(22)2/h7-14,19-20H,6,15-17H2,1-5H3,(H,26,29)/t19-,20+/m0/s1. The fraction of sp³-hybridized carbons (Fsp3) is 0.440. The number of carbonyl (C=O) groups excluding carboxylic acids is 2. The summed E-state index contributed by atoms with van der Waals surface area (Å²) >= 11 is 1.58. The summed E-state index contributed by atoms with van der Waals surface area (Å²) < 4.78 is 5.22. The number of ether oxygens (including phenoxy) is 1. The number of thioether (sulfide) groups is 1. The van der Waals surface area contributed by atoms with Crippen molar-refractivity contribution >= 4 is 23.6 Å². The lowest BCUT2D eigenvalue weighted by Crippen LogP contribution is -2.50. The highest BCUT2D eigenvalue weighted by molar-refractivity contribution is 7.99. The Morgan fingerprint density at radius 3 is 2.39 bits per heavy atom. The lowest BCUT2D eigenvalue weighted by Gasteiger charge is -2.29. The zero-order valence-corrected chi connectivity index (χ0v) is 20.0. The first-order valence-electron chi connectivity index (χ1n) is 10.7. The van der Waals surface area contributed by atoms with Gasteiger partial charge in [-0.15, -0.1) is 11.8 Å². The highest BCUT2D eigenvalue weighted by atomic mass is 32.2. The van der Waals surface area contributed by atoms with Gasteiger partial charge >= 0.3 is 0 Å². The fourth-order valence-corrected chi connectivity index (χ4v) is 4.07. The molecule has 168 valence electrons. The normalized spacial score (nSPS) is 12.7. The van der Waals surface area contributed by atoms with E-state index in [2.05, 4.69) is 24.4 Å². The van der Waals surface area contributed by atoms with E-state index in [0.717, 1.165) is 23.5 Å². The third-order valence-corrected chi connectivity index (χ3v) is 6.39. The summed E-state index contributed by atoms with van der Waals surface area (Å²) in [5, 5.41) is 3.00. The number of amides is 2. The van der Waals surface area contributed by atoms with Crippen molar-refractivity contribution in [1.82, 2.24) is 10.2 Å². The van der Waals surface area contributed by atoms with Crippen molar-refractivity contribution in [1.29, 1.82) is 0 Å². The van der Waals surface area contributed by atoms with Gasteiger partial charge in [-0.25, -0.2) is 0 Å². The number of nitrogens with one attached hydrogen (secondary N) is 1. The number of carbonyl (C=O) groups is 2. The van der Waals surface area contributed by atoms with Crippen molar-refractivity contribution in [3.8, 4) is 5.75 Å². The van der Waals surface area contributed by atoms with Crippen LogP contribution in [-0.2, 0) is 21.9 Å². The molecule has 1 N–H and O–H groups in total. The molecule has 0 bridgehead atoms. The first-order chi connectivity index (χ1) is 14.8. The Morgan fingerprint density at radius 2 is 1.77 bits per heavy atom. The summed E-state index contributed by atoms with van der Waals surface area (Å²) in [4.78, 5) is 27.6. The average Bonchev–Trinajstić information content (AvgIpc) is 2.78. The molecule has 0 aliphatic carbocycles. The zero-order valence-electron chi connectivity index (χ0n) is 19.2. The molecule has 6 heteroatoms. The highest BCUT2D eigenvalue weighted by Crippen LogP contribution is 2.19. The van der Waals surface area contributed by atoms with Crippen molar-refractivity contribution in [3.63, 3.8) is 0 Å². The number of hydrogen-bond donors (Lipinski definition) is 1. The molecule has 2 aromatic rings. The summed E-state index contributed by atoms with van der Waals surface area (Å²) in [7, 11) is 1.62. The van der Waals surface area contributed by atoms with E-state index in [1.54, 1.807) is 30.7 Å². The maximum Gasteiger partial charge on any atom is 0.242 e. The fourth-order valence-electron chi connectivity index (χ4n) is 3.08. The Balaban J connectivity index is 2.09. The number of nitrogens with zero attached hydrogens (tertiary/aromatic N) is 1. The Morgan fingerprint density at radius 1 is 1.10 bits per heavy atom. The molecule has 0 unspecified atom stereocenters. The molecule has 31 heavy (non-hydrogen) atoms. The minimum Gasteiger partial charge on any atom is -0.497 e. The largest absolute Gasteiger partial charge is 0.497 e. The summed E-state index contributed by atoms with van der Waals surface area (Å²) in [6.45, 7) is 8.25. The predicted molar refractivity (Wildman–Crippen MR) is 128 cm³/mol. The van der Waals surface area contributed by atoms with Crippen LogP contribution in [0.3, 0.4) is 0 Å². The molecule has 0 aromatic heterocycles. The number of rotatable bonds is 11. The zero-order chi connectivity index (χ0) is 22.8. The molecule has 2 amide bonds. The van der Waals surface area contributed by atoms with Crippen LogP contribution in [-0.4, -0.2) is 41.7 Å². The van der Waals surface area contributed by atoms with E-state index < -0.39 is 6.04 Å². The maximum atomic E-state index is 13.1. The van der Waals surface area contributed by atoms with Gasteiger partial charge in [-0.1, -0.05) is 43.3 Å². The molecule has 0 saturated heterocycles. The quantitative estimate of drug-likeness (QED) is 0.554. The maximum absolute atomic E-state index is 13.1. The van der Waals surface area contributed by atoms with Gasteiger partial charge in [0.05, 0.1) is 12.9 Å². The van der Waals surface area contributed by atoms with E-state index in [9.17, 15) is 9.59 Å². The molecule has 0 radical (unpaired) electrons. The van der Waals surface area contributed by atoms with Crippen LogP contribution < -0.4 is 10.1 Å². The molecule has 2 aromatic carbocycles. The van der Waals surface area contributed by atoms with Gasteiger partial charge in [-0.05, 0) is 56.0 Å². The van der Waals surface area contributed by atoms with Gasteiger partial charge in [-0.3, -0.25) is 9.59 Å². The summed E-state index contributed by atoms with van der Waals surface area (Å²) in [6, 6.07) is 15.3. The van der Waals surface area contributed by atoms with Crippen LogP contribution in [0.4, 0.5) is 0 Å². The average molecular weight is 443 g/mol. The monoisotopic (exact) mass is 442 g/mol. The second-order valence-corrected chi connectivity index (χ2v) is 8.77. The van der Waals surface area contributed by atoms with Gasteiger partial charge in [0.1, 0.15) is 11.8 Å². The minimum atomic E-state index is -0.553. The van der Waals surface area contributed by atoms with E-state index in [1.165, 1.54) is 11.1 Å². The van der Waals surface area contributed by atoms with Crippen molar-refractivity contribution in [3.05, 3.63) is 65.2 Å². The van der Waals surface area contributed by atoms with Crippen molar-refractivity contribution in [2.45, 2.75) is 58.5 Å². The van der Waals surface area contributed by atoms with E-state index in [0.29, 0.717) is 12.3 Å². The molecular formula is C25H34N2O3S.